The molecule has 242 valence electrons. The molecular weight excluding hydrogens is 637 g/mol. The zero-order chi connectivity index (χ0) is 34.6. The fourth-order valence-electron chi connectivity index (χ4n) is 8.06. The summed E-state index contributed by atoms with van der Waals surface area (Å²) in [6, 6.07) is 60.1. The Hall–Kier alpha value is -7.16. The van der Waals surface area contributed by atoms with E-state index in [0.717, 1.165) is 72.7 Å². The van der Waals surface area contributed by atoms with Crippen LogP contribution in [0.25, 0.3) is 56.4 Å². The minimum absolute atomic E-state index is 0.601. The highest BCUT2D eigenvalue weighted by Crippen LogP contribution is 2.63. The van der Waals surface area contributed by atoms with Crippen LogP contribution in [0.4, 0.5) is 0 Å². The molecule has 0 fully saturated rings. The molecule has 0 N–H and O–H groups in total. The van der Waals surface area contributed by atoms with E-state index in [9.17, 15) is 5.26 Å². The Balaban J connectivity index is 1.17. The first-order chi connectivity index (χ1) is 25.7. The van der Waals surface area contributed by atoms with Gasteiger partial charge >= 0.3 is 0 Å². The van der Waals surface area contributed by atoms with E-state index in [-0.39, 0.29) is 0 Å². The van der Waals surface area contributed by atoms with Gasteiger partial charge in [0.2, 0.25) is 0 Å². The van der Waals surface area contributed by atoms with Gasteiger partial charge in [-0.1, -0.05) is 152 Å². The zero-order valence-electron chi connectivity index (χ0n) is 27.9. The second-order valence-electron chi connectivity index (χ2n) is 13.0. The molecule has 1 spiro atoms. The Kier molecular flexibility index (Phi) is 6.70. The number of para-hydroxylation sites is 2. The summed E-state index contributed by atoms with van der Waals surface area (Å²) in [5.74, 6) is 3.48. The van der Waals surface area contributed by atoms with Gasteiger partial charge in [0.1, 0.15) is 11.5 Å². The number of nitrogens with zero attached hydrogens (tertiary/aromatic N) is 4. The summed E-state index contributed by atoms with van der Waals surface area (Å²) in [4.78, 5) is 14.7. The lowest BCUT2D eigenvalue weighted by atomic mass is 9.66. The molecule has 1 aliphatic heterocycles. The maximum absolute atomic E-state index is 10.5. The van der Waals surface area contributed by atoms with Gasteiger partial charge in [0.15, 0.2) is 17.5 Å². The third kappa shape index (κ3) is 4.38. The number of hydrogen-bond donors (Lipinski definition) is 0. The quantitative estimate of drug-likeness (QED) is 0.187. The van der Waals surface area contributed by atoms with E-state index < -0.39 is 5.41 Å². The summed E-state index contributed by atoms with van der Waals surface area (Å²) in [7, 11) is 0. The third-order valence-corrected chi connectivity index (χ3v) is 10.3. The van der Waals surface area contributed by atoms with Crippen molar-refractivity contribution in [2.75, 3.05) is 0 Å². The highest BCUT2D eigenvalue weighted by Gasteiger charge is 2.52. The van der Waals surface area contributed by atoms with Gasteiger partial charge in [-0.15, -0.1) is 0 Å². The van der Waals surface area contributed by atoms with Gasteiger partial charge in [-0.3, -0.25) is 0 Å². The lowest BCUT2D eigenvalue weighted by molar-refractivity contribution is 0.436. The molecule has 10 rings (SSSR count). The molecule has 52 heavy (non-hydrogen) atoms. The minimum Gasteiger partial charge on any atom is -0.457 e. The molecule has 0 amide bonds. The van der Waals surface area contributed by atoms with Crippen molar-refractivity contribution in [1.29, 1.82) is 5.26 Å². The van der Waals surface area contributed by atoms with Crippen molar-refractivity contribution < 1.29 is 4.74 Å². The second-order valence-corrected chi connectivity index (χ2v) is 13.0. The molecule has 8 aromatic rings. The van der Waals surface area contributed by atoms with Gasteiger partial charge in [0, 0.05) is 33.4 Å². The lowest BCUT2D eigenvalue weighted by Gasteiger charge is -2.39. The van der Waals surface area contributed by atoms with Gasteiger partial charge in [0.25, 0.3) is 0 Å². The summed E-state index contributed by atoms with van der Waals surface area (Å²) in [5.41, 5.74) is 11.2. The van der Waals surface area contributed by atoms with Gasteiger partial charge in [-0.25, -0.2) is 15.0 Å². The van der Waals surface area contributed by atoms with Crippen LogP contribution in [0.15, 0.2) is 170 Å². The highest BCUT2D eigenvalue weighted by molar-refractivity contribution is 5.98. The normalized spacial score (nSPS) is 12.9. The molecule has 0 bridgehead atoms. The van der Waals surface area contributed by atoms with Crippen molar-refractivity contribution in [2.24, 2.45) is 0 Å². The smallest absolute Gasteiger partial charge is 0.164 e. The van der Waals surface area contributed by atoms with Crippen LogP contribution in [0.5, 0.6) is 11.5 Å². The molecule has 0 unspecified atom stereocenters. The molecule has 5 heteroatoms. The van der Waals surface area contributed by atoms with Gasteiger partial charge in [0.05, 0.1) is 17.0 Å². The highest BCUT2D eigenvalue weighted by atomic mass is 16.5. The van der Waals surface area contributed by atoms with Crippen molar-refractivity contribution in [3.8, 4) is 74.0 Å². The number of benzene rings is 7. The molecule has 0 saturated heterocycles. The fourth-order valence-corrected chi connectivity index (χ4v) is 8.06. The van der Waals surface area contributed by atoms with Gasteiger partial charge in [-0.05, 0) is 46.0 Å². The molecule has 1 aliphatic carbocycles. The van der Waals surface area contributed by atoms with Crippen LogP contribution in [0.1, 0.15) is 27.8 Å². The SMILES string of the molecule is N#Cc1cccc2c1-c1c(-c3ccc(-c4nc(-c5ccccc5)nc(-c5ccccc5)n4)cc3)cccc1C21c2ccccc2Oc2ccccc21. The Morgan fingerprint density at radius 1 is 0.404 bits per heavy atom. The van der Waals surface area contributed by atoms with Crippen molar-refractivity contribution in [3.05, 3.63) is 198 Å². The third-order valence-electron chi connectivity index (χ3n) is 10.3. The number of nitriles is 1. The topological polar surface area (TPSA) is 71.7 Å². The molecule has 5 nitrogen and oxygen atoms in total. The van der Waals surface area contributed by atoms with Crippen LogP contribution < -0.4 is 4.74 Å². The molecule has 2 heterocycles. The Bertz CT molecular complexity index is 2610. The number of hydrogen-bond acceptors (Lipinski definition) is 5. The van der Waals surface area contributed by atoms with Crippen molar-refractivity contribution in [3.63, 3.8) is 0 Å². The van der Waals surface area contributed by atoms with Crippen LogP contribution in [-0.4, -0.2) is 15.0 Å². The van der Waals surface area contributed by atoms with E-state index in [2.05, 4.69) is 78.9 Å². The molecule has 0 atom stereocenters. The largest absolute Gasteiger partial charge is 0.457 e. The fraction of sp³-hybridized carbons (Fsp3) is 0.0213. The predicted molar refractivity (Wildman–Crippen MR) is 204 cm³/mol. The van der Waals surface area contributed by atoms with Crippen LogP contribution >= 0.6 is 0 Å². The van der Waals surface area contributed by atoms with E-state index in [4.69, 9.17) is 19.7 Å². The van der Waals surface area contributed by atoms with Crippen LogP contribution in [-0.2, 0) is 5.41 Å². The summed E-state index contributed by atoms with van der Waals surface area (Å²) >= 11 is 0. The van der Waals surface area contributed by atoms with E-state index in [1.54, 1.807) is 0 Å². The van der Waals surface area contributed by atoms with Crippen molar-refractivity contribution >= 4 is 0 Å². The molecular formula is C47H28N4O. The van der Waals surface area contributed by atoms with Crippen LogP contribution in [0.2, 0.25) is 0 Å². The molecule has 2 aliphatic rings. The summed E-state index contributed by atoms with van der Waals surface area (Å²) < 4.78 is 6.51. The average molecular weight is 665 g/mol. The Labute approximate surface area is 301 Å². The van der Waals surface area contributed by atoms with E-state index in [1.807, 2.05) is 97.1 Å². The summed E-state index contributed by atoms with van der Waals surface area (Å²) in [5, 5.41) is 10.5. The molecule has 7 aromatic carbocycles. The lowest BCUT2D eigenvalue weighted by Crippen LogP contribution is -2.32. The van der Waals surface area contributed by atoms with Gasteiger partial charge < -0.3 is 4.74 Å². The Morgan fingerprint density at radius 3 is 1.40 bits per heavy atom. The zero-order valence-corrected chi connectivity index (χ0v) is 27.9. The maximum Gasteiger partial charge on any atom is 0.164 e. The second kappa shape index (κ2) is 11.7. The van der Waals surface area contributed by atoms with Crippen LogP contribution in [0, 0.1) is 11.3 Å². The first-order valence-electron chi connectivity index (χ1n) is 17.3. The summed E-state index contributed by atoms with van der Waals surface area (Å²) in [6.45, 7) is 0. The van der Waals surface area contributed by atoms with E-state index in [0.29, 0.717) is 23.0 Å². The summed E-state index contributed by atoms with van der Waals surface area (Å²) in [6.07, 6.45) is 0. The molecule has 0 saturated carbocycles. The standard InChI is InChI=1S/C47H28N4O/c48-29-34-17-11-21-38-42(34)43-35(18-12-22-39(43)47(38)36-19-7-9-23-40(36)52-41-24-10-8-20-37(41)47)30-25-27-33(28-26-30)46-50-44(31-13-3-1-4-14-31)49-45(51-46)32-15-5-2-6-16-32/h1-28H. The maximum atomic E-state index is 10.5. The number of rotatable bonds is 4. The first-order valence-corrected chi connectivity index (χ1v) is 17.3. The van der Waals surface area contributed by atoms with Crippen molar-refractivity contribution in [2.45, 2.75) is 5.41 Å². The van der Waals surface area contributed by atoms with Gasteiger partial charge in [-0.2, -0.15) is 5.26 Å². The average Bonchev–Trinajstić information content (AvgIpc) is 3.52. The molecule has 1 aromatic heterocycles. The molecule has 0 radical (unpaired) electrons. The number of aromatic nitrogens is 3. The van der Waals surface area contributed by atoms with Crippen molar-refractivity contribution in [1.82, 2.24) is 15.0 Å². The van der Waals surface area contributed by atoms with E-state index in [1.165, 1.54) is 0 Å². The Morgan fingerprint density at radius 2 is 0.846 bits per heavy atom. The monoisotopic (exact) mass is 664 g/mol. The minimum atomic E-state index is -0.661. The van der Waals surface area contributed by atoms with E-state index >= 15 is 0 Å². The van der Waals surface area contributed by atoms with Crippen LogP contribution in [0.3, 0.4) is 0 Å². The predicted octanol–water partition coefficient (Wildman–Crippen LogP) is 10.9. The number of ether oxygens (including phenoxy) is 1. The number of fused-ring (bicyclic) bond motifs is 9. The first kappa shape index (κ1) is 29.7.